The molecule has 3 atom stereocenters. The summed E-state index contributed by atoms with van der Waals surface area (Å²) in [6.45, 7) is 7.55. The quantitative estimate of drug-likeness (QED) is 0.833. The van der Waals surface area contributed by atoms with Gasteiger partial charge in [0, 0.05) is 25.7 Å². The number of hydrogen-bond acceptors (Lipinski definition) is 4. The van der Waals surface area contributed by atoms with E-state index in [4.69, 9.17) is 0 Å². The van der Waals surface area contributed by atoms with Crippen LogP contribution in [0.1, 0.15) is 44.6 Å². The second-order valence-electron chi connectivity index (χ2n) is 8.18. The summed E-state index contributed by atoms with van der Waals surface area (Å²) in [7, 11) is 0. The van der Waals surface area contributed by atoms with Crippen molar-refractivity contribution in [1.82, 2.24) is 15.2 Å². The lowest BCUT2D eigenvalue weighted by Crippen LogP contribution is -2.45. The first-order valence-electron chi connectivity index (χ1n) is 10.2. The third kappa shape index (κ3) is 5.51. The largest absolute Gasteiger partial charge is 0.342 e. The molecular weight excluding hydrogens is 340 g/mol. The topological polar surface area (TPSA) is 74.3 Å². The van der Waals surface area contributed by atoms with Crippen LogP contribution < -0.4 is 10.6 Å². The Bertz CT molecular complexity index is 640. The number of aryl methyl sites for hydroxylation is 1. The number of nitrogens with one attached hydrogen (secondary N) is 2. The van der Waals surface area contributed by atoms with E-state index in [1.807, 2.05) is 24.0 Å². The Morgan fingerprint density at radius 3 is 2.89 bits per heavy atom. The number of carbonyl (C=O) groups excluding carboxylic acids is 2. The SMILES string of the molecule is Cc1ccc(NC(=O)C2CCCN(C(=O)CC(C)C3CCCNC3)C2)nc1. The van der Waals surface area contributed by atoms with Crippen LogP contribution in [-0.4, -0.2) is 47.9 Å². The number of piperidine rings is 2. The first-order chi connectivity index (χ1) is 13.0. The third-order valence-electron chi connectivity index (χ3n) is 5.94. The summed E-state index contributed by atoms with van der Waals surface area (Å²) in [5.74, 6) is 1.55. The van der Waals surface area contributed by atoms with Crippen LogP contribution in [0.15, 0.2) is 18.3 Å². The number of rotatable bonds is 5. The number of likely N-dealkylation sites (tertiary alicyclic amines) is 1. The number of anilines is 1. The number of carbonyl (C=O) groups is 2. The minimum atomic E-state index is -0.155. The minimum absolute atomic E-state index is 0.0339. The van der Waals surface area contributed by atoms with Gasteiger partial charge in [-0.05, 0) is 69.2 Å². The molecule has 27 heavy (non-hydrogen) atoms. The molecule has 0 saturated carbocycles. The molecule has 0 bridgehead atoms. The molecule has 6 heteroatoms. The zero-order chi connectivity index (χ0) is 19.2. The molecule has 0 spiro atoms. The lowest BCUT2D eigenvalue weighted by Gasteiger charge is -2.34. The van der Waals surface area contributed by atoms with Gasteiger partial charge in [-0.2, -0.15) is 0 Å². The predicted octanol–water partition coefficient (Wildman–Crippen LogP) is 2.59. The van der Waals surface area contributed by atoms with E-state index >= 15 is 0 Å². The molecule has 2 aliphatic rings. The highest BCUT2D eigenvalue weighted by Gasteiger charge is 2.30. The molecule has 2 N–H and O–H groups in total. The fourth-order valence-electron chi connectivity index (χ4n) is 4.12. The van der Waals surface area contributed by atoms with Gasteiger partial charge in [0.2, 0.25) is 11.8 Å². The van der Waals surface area contributed by atoms with E-state index in [2.05, 4.69) is 22.5 Å². The highest BCUT2D eigenvalue weighted by molar-refractivity contribution is 5.92. The first-order valence-corrected chi connectivity index (χ1v) is 10.2. The maximum absolute atomic E-state index is 12.8. The van der Waals surface area contributed by atoms with Crippen LogP contribution in [0.3, 0.4) is 0 Å². The molecule has 0 aliphatic carbocycles. The summed E-state index contributed by atoms with van der Waals surface area (Å²) >= 11 is 0. The van der Waals surface area contributed by atoms with Crippen molar-refractivity contribution in [3.63, 3.8) is 0 Å². The van der Waals surface area contributed by atoms with Gasteiger partial charge in [-0.3, -0.25) is 9.59 Å². The molecule has 2 aliphatic heterocycles. The van der Waals surface area contributed by atoms with E-state index < -0.39 is 0 Å². The van der Waals surface area contributed by atoms with Gasteiger partial charge in [0.1, 0.15) is 5.82 Å². The van der Waals surface area contributed by atoms with Gasteiger partial charge in [0.15, 0.2) is 0 Å². The first kappa shape index (κ1) is 19.8. The van der Waals surface area contributed by atoms with Gasteiger partial charge in [-0.25, -0.2) is 4.98 Å². The van der Waals surface area contributed by atoms with E-state index in [0.717, 1.165) is 38.0 Å². The fourth-order valence-corrected chi connectivity index (χ4v) is 4.12. The zero-order valence-corrected chi connectivity index (χ0v) is 16.5. The van der Waals surface area contributed by atoms with Gasteiger partial charge in [0.05, 0.1) is 5.92 Å². The molecular formula is C21H32N4O2. The number of pyridine rings is 1. The summed E-state index contributed by atoms with van der Waals surface area (Å²) < 4.78 is 0. The van der Waals surface area contributed by atoms with Crippen molar-refractivity contribution in [3.8, 4) is 0 Å². The summed E-state index contributed by atoms with van der Waals surface area (Å²) in [6.07, 6.45) is 6.43. The van der Waals surface area contributed by atoms with Crippen molar-refractivity contribution in [2.75, 3.05) is 31.5 Å². The highest BCUT2D eigenvalue weighted by Crippen LogP contribution is 2.25. The zero-order valence-electron chi connectivity index (χ0n) is 16.5. The Morgan fingerprint density at radius 2 is 2.19 bits per heavy atom. The number of hydrogen-bond donors (Lipinski definition) is 2. The average molecular weight is 373 g/mol. The van der Waals surface area contributed by atoms with Crippen LogP contribution in [0.4, 0.5) is 5.82 Å². The normalized spacial score (nSPS) is 24.3. The molecule has 148 valence electrons. The van der Waals surface area contributed by atoms with Gasteiger partial charge in [0.25, 0.3) is 0 Å². The van der Waals surface area contributed by atoms with Crippen molar-refractivity contribution < 1.29 is 9.59 Å². The standard InChI is InChI=1S/C21H32N4O2/c1-15-7-8-19(23-12-15)24-21(27)18-6-4-10-25(14-18)20(26)11-16(2)17-5-3-9-22-13-17/h7-8,12,16-18,22H,3-6,9-11,13-14H2,1-2H3,(H,23,24,27). The van der Waals surface area contributed by atoms with Crippen LogP contribution in [0.2, 0.25) is 0 Å². The lowest BCUT2D eigenvalue weighted by molar-refractivity contribution is -0.135. The summed E-state index contributed by atoms with van der Waals surface area (Å²) in [4.78, 5) is 31.5. The maximum Gasteiger partial charge on any atom is 0.230 e. The number of amides is 2. The Hall–Kier alpha value is -1.95. The van der Waals surface area contributed by atoms with Crippen molar-refractivity contribution in [1.29, 1.82) is 0 Å². The van der Waals surface area contributed by atoms with Gasteiger partial charge in [-0.15, -0.1) is 0 Å². The molecule has 6 nitrogen and oxygen atoms in total. The maximum atomic E-state index is 12.8. The van der Waals surface area contributed by atoms with Gasteiger partial charge < -0.3 is 15.5 Å². The molecule has 3 heterocycles. The van der Waals surface area contributed by atoms with Crippen LogP contribution in [0.5, 0.6) is 0 Å². The fraction of sp³-hybridized carbons (Fsp3) is 0.667. The van der Waals surface area contributed by atoms with E-state index in [9.17, 15) is 9.59 Å². The highest BCUT2D eigenvalue weighted by atomic mass is 16.2. The molecule has 0 radical (unpaired) electrons. The van der Waals surface area contributed by atoms with E-state index in [1.165, 1.54) is 12.8 Å². The molecule has 3 rings (SSSR count). The molecule has 0 aromatic carbocycles. The van der Waals surface area contributed by atoms with Gasteiger partial charge >= 0.3 is 0 Å². The molecule has 2 fully saturated rings. The van der Waals surface area contributed by atoms with Crippen molar-refractivity contribution >= 4 is 17.6 Å². The lowest BCUT2D eigenvalue weighted by atomic mass is 9.85. The second kappa shape index (κ2) is 9.31. The van der Waals surface area contributed by atoms with Crippen molar-refractivity contribution in [2.24, 2.45) is 17.8 Å². The van der Waals surface area contributed by atoms with Crippen LogP contribution in [0, 0.1) is 24.7 Å². The number of aromatic nitrogens is 1. The molecule has 3 unspecified atom stereocenters. The Balaban J connectivity index is 1.51. The number of nitrogens with zero attached hydrogens (tertiary/aromatic N) is 2. The molecule has 2 amide bonds. The van der Waals surface area contributed by atoms with E-state index in [-0.39, 0.29) is 17.7 Å². The minimum Gasteiger partial charge on any atom is -0.342 e. The predicted molar refractivity (Wildman–Crippen MR) is 106 cm³/mol. The van der Waals surface area contributed by atoms with Crippen LogP contribution in [-0.2, 0) is 9.59 Å². The smallest absolute Gasteiger partial charge is 0.230 e. The molecule has 1 aromatic heterocycles. The summed E-state index contributed by atoms with van der Waals surface area (Å²) in [6, 6.07) is 3.75. The monoisotopic (exact) mass is 372 g/mol. The van der Waals surface area contributed by atoms with Crippen LogP contribution >= 0.6 is 0 Å². The van der Waals surface area contributed by atoms with E-state index in [1.54, 1.807) is 6.20 Å². The molecule has 2 saturated heterocycles. The molecule has 1 aromatic rings. The van der Waals surface area contributed by atoms with Crippen molar-refractivity contribution in [3.05, 3.63) is 23.9 Å². The second-order valence-corrected chi connectivity index (χ2v) is 8.18. The Kier molecular flexibility index (Phi) is 6.83. The van der Waals surface area contributed by atoms with Gasteiger partial charge in [-0.1, -0.05) is 13.0 Å². The summed E-state index contributed by atoms with van der Waals surface area (Å²) in [5.41, 5.74) is 1.06. The Labute approximate surface area is 162 Å². The van der Waals surface area contributed by atoms with E-state index in [0.29, 0.717) is 30.6 Å². The Morgan fingerprint density at radius 1 is 1.33 bits per heavy atom. The average Bonchev–Trinajstić information content (AvgIpc) is 2.70. The van der Waals surface area contributed by atoms with Crippen LogP contribution in [0.25, 0.3) is 0 Å². The third-order valence-corrected chi connectivity index (χ3v) is 5.94. The van der Waals surface area contributed by atoms with Crippen molar-refractivity contribution in [2.45, 2.75) is 46.0 Å². The summed E-state index contributed by atoms with van der Waals surface area (Å²) in [5, 5.41) is 6.33.